The Bertz CT molecular complexity index is 1540. The van der Waals surface area contributed by atoms with Crippen LogP contribution in [-0.4, -0.2) is 6.71 Å². The van der Waals surface area contributed by atoms with Crippen molar-refractivity contribution in [3.05, 3.63) is 141 Å². The third-order valence-electron chi connectivity index (χ3n) is 8.56. The minimum absolute atomic E-state index is 0.191. The molecule has 1 aliphatic carbocycles. The summed E-state index contributed by atoms with van der Waals surface area (Å²) in [6.07, 6.45) is 17.0. The van der Waals surface area contributed by atoms with Gasteiger partial charge < -0.3 is 0 Å². The van der Waals surface area contributed by atoms with Crippen molar-refractivity contribution in [1.29, 1.82) is 0 Å². The van der Waals surface area contributed by atoms with E-state index in [1.54, 1.807) is 0 Å². The predicted octanol–water partition coefficient (Wildman–Crippen LogP) is 9.41. The maximum atomic E-state index is 2.39. The number of hydrogen-bond acceptors (Lipinski definition) is 0. The highest BCUT2D eigenvalue weighted by atomic mass is 14.1. The van der Waals surface area contributed by atoms with Crippen LogP contribution < -0.4 is 10.9 Å². The quantitative estimate of drug-likeness (QED) is 0.203. The lowest BCUT2D eigenvalue weighted by atomic mass is 9.34. The lowest BCUT2D eigenvalue weighted by Crippen LogP contribution is -2.48. The van der Waals surface area contributed by atoms with Crippen molar-refractivity contribution < 1.29 is 0 Å². The molecule has 0 unspecified atom stereocenters. The Hall–Kier alpha value is -3.58. The minimum Gasteiger partial charge on any atom is -0.0939 e. The van der Waals surface area contributed by atoms with Crippen LogP contribution in [0.25, 0.3) is 11.1 Å². The molecule has 3 aromatic carbocycles. The first kappa shape index (κ1) is 29.4. The van der Waals surface area contributed by atoms with E-state index in [2.05, 4.69) is 146 Å². The van der Waals surface area contributed by atoms with Crippen LogP contribution >= 0.6 is 0 Å². The summed E-state index contributed by atoms with van der Waals surface area (Å²) in [7, 11) is 0. The Morgan fingerprint density at radius 3 is 2.35 bits per heavy atom. The molecule has 0 N–H and O–H groups in total. The standard InChI is InChI=1S/C39H45B/c1-9-33(35-21-13-11-17-28(35)4)20-15-19-31(7)40(39-30(6)25-27(3)26-34(39)10-2)38-24-16-23-37(32(38)8)36-22-14-12-18-29(36)5/h9,11-12,14-20,22-26H,10,13,21H2,1-8H3/b20-15-,31-19+,33-9-. The average Bonchev–Trinajstić information content (AvgIpc) is 2.94. The fourth-order valence-electron chi connectivity index (χ4n) is 6.46. The molecule has 204 valence electrons. The van der Waals surface area contributed by atoms with Gasteiger partial charge in [0, 0.05) is 0 Å². The molecule has 0 bridgehead atoms. The van der Waals surface area contributed by atoms with Crippen molar-refractivity contribution in [1.82, 2.24) is 0 Å². The Kier molecular flexibility index (Phi) is 9.69. The molecule has 3 aromatic rings. The molecule has 0 amide bonds. The molecule has 0 fully saturated rings. The second kappa shape index (κ2) is 13.2. The van der Waals surface area contributed by atoms with Crippen molar-refractivity contribution in [2.24, 2.45) is 0 Å². The highest BCUT2D eigenvalue weighted by molar-refractivity contribution is 6.91. The molecule has 40 heavy (non-hydrogen) atoms. The molecule has 0 saturated heterocycles. The summed E-state index contributed by atoms with van der Waals surface area (Å²) in [6, 6.07) is 20.4. The average molecular weight is 525 g/mol. The van der Waals surface area contributed by atoms with Crippen LogP contribution in [0.2, 0.25) is 0 Å². The summed E-state index contributed by atoms with van der Waals surface area (Å²) in [5.41, 5.74) is 17.9. The Morgan fingerprint density at radius 1 is 0.900 bits per heavy atom. The monoisotopic (exact) mass is 524 g/mol. The van der Waals surface area contributed by atoms with Crippen molar-refractivity contribution in [2.75, 3.05) is 0 Å². The molecule has 4 rings (SSSR count). The molecule has 0 saturated carbocycles. The summed E-state index contributed by atoms with van der Waals surface area (Å²) in [4.78, 5) is 0. The van der Waals surface area contributed by atoms with Crippen molar-refractivity contribution in [3.63, 3.8) is 0 Å². The zero-order valence-electron chi connectivity index (χ0n) is 25.9. The van der Waals surface area contributed by atoms with Crippen LogP contribution in [0, 0.1) is 27.7 Å². The fraction of sp³-hybridized carbons (Fsp3) is 0.282. The highest BCUT2D eigenvalue weighted by Gasteiger charge is 2.27. The molecule has 1 heteroatoms. The van der Waals surface area contributed by atoms with Crippen LogP contribution in [0.5, 0.6) is 0 Å². The van der Waals surface area contributed by atoms with Gasteiger partial charge in [0.2, 0.25) is 6.71 Å². The fourth-order valence-corrected chi connectivity index (χ4v) is 6.46. The smallest absolute Gasteiger partial charge is 0.0939 e. The number of hydrogen-bond donors (Lipinski definition) is 0. The Balaban J connectivity index is 1.87. The van der Waals surface area contributed by atoms with E-state index in [0.717, 1.165) is 19.3 Å². The lowest BCUT2D eigenvalue weighted by molar-refractivity contribution is 0.955. The van der Waals surface area contributed by atoms with E-state index in [1.165, 1.54) is 72.1 Å². The van der Waals surface area contributed by atoms with Gasteiger partial charge in [-0.2, -0.15) is 0 Å². The summed E-state index contributed by atoms with van der Waals surface area (Å²) >= 11 is 0. The van der Waals surface area contributed by atoms with Gasteiger partial charge in [-0.05, 0) is 99.8 Å². The van der Waals surface area contributed by atoms with Gasteiger partial charge in [0.1, 0.15) is 0 Å². The first-order chi connectivity index (χ1) is 19.3. The topological polar surface area (TPSA) is 0 Å². The van der Waals surface area contributed by atoms with Crippen LogP contribution in [0.3, 0.4) is 0 Å². The third kappa shape index (κ3) is 6.25. The van der Waals surface area contributed by atoms with Gasteiger partial charge in [0.25, 0.3) is 0 Å². The summed E-state index contributed by atoms with van der Waals surface area (Å²) in [5, 5.41) is 0. The molecule has 0 spiro atoms. The van der Waals surface area contributed by atoms with E-state index in [0.29, 0.717) is 0 Å². The predicted molar refractivity (Wildman–Crippen MR) is 179 cm³/mol. The van der Waals surface area contributed by atoms with E-state index in [-0.39, 0.29) is 6.71 Å². The van der Waals surface area contributed by atoms with E-state index in [4.69, 9.17) is 0 Å². The molecule has 0 aliphatic heterocycles. The molecule has 0 nitrogen and oxygen atoms in total. The Morgan fingerprint density at radius 2 is 1.65 bits per heavy atom. The first-order valence-electron chi connectivity index (χ1n) is 14.9. The summed E-state index contributed by atoms with van der Waals surface area (Å²) in [6.45, 7) is 18.2. The van der Waals surface area contributed by atoms with E-state index >= 15 is 0 Å². The lowest BCUT2D eigenvalue weighted by Gasteiger charge is -2.25. The largest absolute Gasteiger partial charge is 0.237 e. The first-order valence-corrected chi connectivity index (χ1v) is 14.9. The van der Waals surface area contributed by atoms with Gasteiger partial charge in [-0.15, -0.1) is 0 Å². The molecular weight excluding hydrogens is 479 g/mol. The van der Waals surface area contributed by atoms with Crippen LogP contribution in [0.4, 0.5) is 0 Å². The summed E-state index contributed by atoms with van der Waals surface area (Å²) < 4.78 is 0. The van der Waals surface area contributed by atoms with E-state index < -0.39 is 0 Å². The molecule has 1 aliphatic rings. The van der Waals surface area contributed by atoms with Gasteiger partial charge in [0.05, 0.1) is 0 Å². The van der Waals surface area contributed by atoms with Gasteiger partial charge >= 0.3 is 0 Å². The number of rotatable bonds is 8. The molecular formula is C39H45B. The van der Waals surface area contributed by atoms with Crippen molar-refractivity contribution in [2.45, 2.75) is 74.7 Å². The SMILES string of the molecule is C/C=C(/C=C\C=C(/C)B(c1cccc(-c2ccccc2C)c1C)c1c(C)cc(C)cc1CC)C1=C(C)C=CCC1. The van der Waals surface area contributed by atoms with Gasteiger partial charge in [-0.1, -0.05) is 138 Å². The minimum atomic E-state index is 0.191. The highest BCUT2D eigenvalue weighted by Crippen LogP contribution is 2.28. The maximum Gasteiger partial charge on any atom is 0.237 e. The van der Waals surface area contributed by atoms with E-state index in [9.17, 15) is 0 Å². The van der Waals surface area contributed by atoms with Gasteiger partial charge in [0.15, 0.2) is 0 Å². The van der Waals surface area contributed by atoms with Crippen molar-refractivity contribution in [3.8, 4) is 11.1 Å². The van der Waals surface area contributed by atoms with Crippen LogP contribution in [0.1, 0.15) is 68.4 Å². The zero-order valence-corrected chi connectivity index (χ0v) is 25.9. The second-order valence-corrected chi connectivity index (χ2v) is 11.4. The van der Waals surface area contributed by atoms with Crippen LogP contribution in [0.15, 0.2) is 113 Å². The molecule has 0 radical (unpaired) electrons. The maximum absolute atomic E-state index is 2.39. The molecule has 0 heterocycles. The number of benzene rings is 3. The second-order valence-electron chi connectivity index (χ2n) is 11.4. The van der Waals surface area contributed by atoms with Gasteiger partial charge in [-0.3, -0.25) is 0 Å². The summed E-state index contributed by atoms with van der Waals surface area (Å²) in [5.74, 6) is 0. The number of aryl methyl sites for hydroxylation is 4. The van der Waals surface area contributed by atoms with Crippen molar-refractivity contribution >= 4 is 17.6 Å². The third-order valence-corrected chi connectivity index (χ3v) is 8.56. The number of allylic oxidation sites excluding steroid dienone is 10. The van der Waals surface area contributed by atoms with Crippen LogP contribution in [-0.2, 0) is 6.42 Å². The van der Waals surface area contributed by atoms with E-state index in [1.807, 2.05) is 0 Å². The molecule has 0 atom stereocenters. The van der Waals surface area contributed by atoms with Gasteiger partial charge in [-0.25, -0.2) is 0 Å². The zero-order chi connectivity index (χ0) is 28.8. The Labute approximate surface area is 244 Å². The normalized spacial score (nSPS) is 14.4. The molecule has 0 aromatic heterocycles.